The summed E-state index contributed by atoms with van der Waals surface area (Å²) >= 11 is 1.44. The van der Waals surface area contributed by atoms with Crippen molar-refractivity contribution in [2.24, 2.45) is 0 Å². The molecule has 0 aliphatic carbocycles. The number of para-hydroxylation sites is 2. The fourth-order valence-corrected chi connectivity index (χ4v) is 3.01. The molecule has 3 aromatic heterocycles. The van der Waals surface area contributed by atoms with E-state index >= 15 is 0 Å². The van der Waals surface area contributed by atoms with Gasteiger partial charge in [0.2, 0.25) is 0 Å². The predicted molar refractivity (Wildman–Crippen MR) is 84.6 cm³/mol. The Labute approximate surface area is 133 Å². The second-order valence-corrected chi connectivity index (χ2v) is 5.81. The van der Waals surface area contributed by atoms with Gasteiger partial charge in [0.25, 0.3) is 5.89 Å². The zero-order chi connectivity index (χ0) is 15.8. The number of thiophene rings is 1. The van der Waals surface area contributed by atoms with Gasteiger partial charge in [0.15, 0.2) is 5.58 Å². The maximum atomic E-state index is 11.9. The number of fused-ring (bicyclic) bond motifs is 1. The molecular weight excluding hydrogens is 318 g/mol. The van der Waals surface area contributed by atoms with Crippen LogP contribution in [0, 0.1) is 0 Å². The molecule has 0 saturated carbocycles. The lowest BCUT2D eigenvalue weighted by Gasteiger charge is -2.00. The first-order valence-corrected chi connectivity index (χ1v) is 7.80. The molecule has 4 rings (SSSR count). The average molecular weight is 329 g/mol. The molecule has 0 N–H and O–H groups in total. The van der Waals surface area contributed by atoms with Crippen LogP contribution in [-0.2, 0) is 13.1 Å². The maximum absolute atomic E-state index is 11.9. The summed E-state index contributed by atoms with van der Waals surface area (Å²) < 4.78 is 13.0. The zero-order valence-corrected chi connectivity index (χ0v) is 12.7. The maximum Gasteiger partial charge on any atom is 0.437 e. The van der Waals surface area contributed by atoms with Crippen LogP contribution in [0.3, 0.4) is 0 Å². The highest BCUT2D eigenvalue weighted by atomic mass is 32.1. The summed E-state index contributed by atoms with van der Waals surface area (Å²) in [5.41, 5.74) is 1.21. The molecule has 1 aromatic carbocycles. The number of oxazole rings is 1. The molecule has 0 unspecified atom stereocenters. The van der Waals surface area contributed by atoms with Gasteiger partial charge in [-0.05, 0) is 23.6 Å². The van der Waals surface area contributed by atoms with Crippen molar-refractivity contribution in [3.8, 4) is 10.8 Å². The molecule has 0 bridgehead atoms. The number of aryl methyl sites for hydroxylation is 2. The molecule has 0 fully saturated rings. The molecule has 23 heavy (non-hydrogen) atoms. The summed E-state index contributed by atoms with van der Waals surface area (Å²) in [4.78, 5) is 24.6. The van der Waals surface area contributed by atoms with Crippen molar-refractivity contribution in [1.29, 1.82) is 0 Å². The van der Waals surface area contributed by atoms with E-state index in [0.29, 0.717) is 11.1 Å². The van der Waals surface area contributed by atoms with E-state index in [0.717, 1.165) is 4.88 Å². The van der Waals surface area contributed by atoms with Crippen molar-refractivity contribution in [3.63, 3.8) is 0 Å². The summed E-state index contributed by atoms with van der Waals surface area (Å²) in [7, 11) is 0. The Balaban J connectivity index is 1.63. The normalized spacial score (nSPS) is 11.3. The Morgan fingerprint density at radius 2 is 1.87 bits per heavy atom. The Hall–Kier alpha value is -2.87. The van der Waals surface area contributed by atoms with E-state index in [-0.39, 0.29) is 19.0 Å². The van der Waals surface area contributed by atoms with Crippen LogP contribution >= 0.6 is 11.3 Å². The van der Waals surface area contributed by atoms with Crippen molar-refractivity contribution < 1.29 is 8.83 Å². The average Bonchev–Trinajstić information content (AvgIpc) is 3.24. The molecule has 4 aromatic rings. The Morgan fingerprint density at radius 3 is 2.70 bits per heavy atom. The van der Waals surface area contributed by atoms with E-state index in [1.807, 2.05) is 23.6 Å². The molecule has 3 heterocycles. The van der Waals surface area contributed by atoms with E-state index in [2.05, 4.69) is 5.10 Å². The molecule has 8 heteroatoms. The SMILES string of the molecule is O=c1oc(-c2cccs2)nn1CCn1c(=O)oc2ccccc21. The van der Waals surface area contributed by atoms with Gasteiger partial charge in [0.05, 0.1) is 16.9 Å². The third-order valence-corrected chi connectivity index (χ3v) is 4.31. The molecule has 0 atom stereocenters. The van der Waals surface area contributed by atoms with Gasteiger partial charge in [0.1, 0.15) is 0 Å². The molecule has 0 radical (unpaired) electrons. The minimum Gasteiger partial charge on any atom is -0.408 e. The summed E-state index contributed by atoms with van der Waals surface area (Å²) in [6, 6.07) is 10.8. The highest BCUT2D eigenvalue weighted by Gasteiger charge is 2.13. The van der Waals surface area contributed by atoms with Crippen LogP contribution in [0.2, 0.25) is 0 Å². The third kappa shape index (κ3) is 2.42. The fourth-order valence-electron chi connectivity index (χ4n) is 2.37. The zero-order valence-electron chi connectivity index (χ0n) is 11.8. The van der Waals surface area contributed by atoms with Crippen molar-refractivity contribution in [2.45, 2.75) is 13.1 Å². The lowest BCUT2D eigenvalue weighted by atomic mass is 10.3. The predicted octanol–water partition coefficient (Wildman–Crippen LogP) is 2.17. The van der Waals surface area contributed by atoms with E-state index in [9.17, 15) is 9.59 Å². The fraction of sp³-hybridized carbons (Fsp3) is 0.133. The number of rotatable bonds is 4. The van der Waals surface area contributed by atoms with Crippen LogP contribution in [0.1, 0.15) is 0 Å². The third-order valence-electron chi connectivity index (χ3n) is 3.45. The van der Waals surface area contributed by atoms with E-state index in [1.165, 1.54) is 20.6 Å². The Kier molecular flexibility index (Phi) is 3.23. The van der Waals surface area contributed by atoms with E-state index < -0.39 is 11.5 Å². The van der Waals surface area contributed by atoms with Gasteiger partial charge in [-0.15, -0.1) is 16.4 Å². The summed E-state index contributed by atoms with van der Waals surface area (Å²) in [5, 5.41) is 6.04. The van der Waals surface area contributed by atoms with Gasteiger partial charge < -0.3 is 8.83 Å². The molecule has 0 aliphatic rings. The Morgan fingerprint density at radius 1 is 1.00 bits per heavy atom. The van der Waals surface area contributed by atoms with Crippen LogP contribution in [0.4, 0.5) is 0 Å². The minimum absolute atomic E-state index is 0.219. The van der Waals surface area contributed by atoms with Gasteiger partial charge in [-0.1, -0.05) is 18.2 Å². The molecule has 7 nitrogen and oxygen atoms in total. The summed E-state index contributed by atoms with van der Waals surface area (Å²) in [6.07, 6.45) is 0. The lowest BCUT2D eigenvalue weighted by molar-refractivity contribution is 0.440. The molecule has 0 saturated heterocycles. The first kappa shape index (κ1) is 13.8. The van der Waals surface area contributed by atoms with Gasteiger partial charge in [-0.3, -0.25) is 4.57 Å². The number of hydrogen-bond acceptors (Lipinski definition) is 6. The first-order valence-electron chi connectivity index (χ1n) is 6.92. The largest absolute Gasteiger partial charge is 0.437 e. The van der Waals surface area contributed by atoms with Gasteiger partial charge in [-0.2, -0.15) is 4.68 Å². The number of nitrogens with zero attached hydrogens (tertiary/aromatic N) is 3. The standard InChI is InChI=1S/C15H11N3O4S/c19-14-17(10-4-1-2-5-11(10)21-14)7-8-18-15(20)22-13(16-18)12-6-3-9-23-12/h1-6,9H,7-8H2. The number of aromatic nitrogens is 3. The molecular formula is C15H11N3O4S. The van der Waals surface area contributed by atoms with Gasteiger partial charge in [0, 0.05) is 6.54 Å². The highest BCUT2D eigenvalue weighted by molar-refractivity contribution is 7.13. The van der Waals surface area contributed by atoms with Crippen molar-refractivity contribution in [2.75, 3.05) is 0 Å². The second-order valence-electron chi connectivity index (χ2n) is 4.86. The van der Waals surface area contributed by atoms with Crippen LogP contribution in [0.15, 0.2) is 60.2 Å². The van der Waals surface area contributed by atoms with Crippen LogP contribution in [0.25, 0.3) is 21.9 Å². The second kappa shape index (κ2) is 5.40. The highest BCUT2D eigenvalue weighted by Crippen LogP contribution is 2.21. The van der Waals surface area contributed by atoms with Crippen LogP contribution in [-0.4, -0.2) is 14.3 Å². The summed E-state index contributed by atoms with van der Waals surface area (Å²) in [5.74, 6) is -0.718. The molecule has 116 valence electrons. The van der Waals surface area contributed by atoms with Gasteiger partial charge >= 0.3 is 11.5 Å². The Bertz CT molecular complexity index is 1070. The minimum atomic E-state index is -0.547. The van der Waals surface area contributed by atoms with Crippen molar-refractivity contribution >= 4 is 22.4 Å². The van der Waals surface area contributed by atoms with Crippen LogP contribution < -0.4 is 11.5 Å². The van der Waals surface area contributed by atoms with Crippen molar-refractivity contribution in [1.82, 2.24) is 14.3 Å². The molecule has 0 aliphatic heterocycles. The van der Waals surface area contributed by atoms with Gasteiger partial charge in [-0.25, -0.2) is 9.59 Å². The summed E-state index contributed by atoms with van der Waals surface area (Å²) in [6.45, 7) is 0.489. The topological polar surface area (TPSA) is 83.2 Å². The molecule has 0 amide bonds. The van der Waals surface area contributed by atoms with Crippen LogP contribution in [0.5, 0.6) is 0 Å². The smallest absolute Gasteiger partial charge is 0.408 e. The van der Waals surface area contributed by atoms with E-state index in [1.54, 1.807) is 18.2 Å². The lowest BCUT2D eigenvalue weighted by Crippen LogP contribution is -2.23. The van der Waals surface area contributed by atoms with E-state index in [4.69, 9.17) is 8.83 Å². The quantitative estimate of drug-likeness (QED) is 0.573. The first-order chi connectivity index (χ1) is 11.2. The molecule has 0 spiro atoms. The monoisotopic (exact) mass is 329 g/mol. The number of benzene rings is 1. The number of hydrogen-bond donors (Lipinski definition) is 0. The van der Waals surface area contributed by atoms with Crippen molar-refractivity contribution in [3.05, 3.63) is 62.9 Å².